The lowest BCUT2D eigenvalue weighted by Crippen LogP contribution is -2.28. The standard InChI is InChI=1S/C22H20N4O.ClH/c27-22-25(18-10-8-17(9-11-18)16-5-2-1-3-6-16)20-7-4-13-24-21(20)26(22)19-12-14-23-15-19;/h1-11,13,19,23H,12,14-15H2;1H/t19-;/m0./s1. The van der Waals surface area contributed by atoms with Crippen molar-refractivity contribution >= 4 is 23.6 Å². The Labute approximate surface area is 169 Å². The monoisotopic (exact) mass is 392 g/mol. The van der Waals surface area contributed by atoms with Crippen molar-refractivity contribution in [3.63, 3.8) is 0 Å². The first-order valence-electron chi connectivity index (χ1n) is 9.27. The van der Waals surface area contributed by atoms with E-state index in [-0.39, 0.29) is 24.1 Å². The summed E-state index contributed by atoms with van der Waals surface area (Å²) < 4.78 is 3.62. The summed E-state index contributed by atoms with van der Waals surface area (Å²) in [6.07, 6.45) is 2.70. The lowest BCUT2D eigenvalue weighted by molar-refractivity contribution is 0.537. The van der Waals surface area contributed by atoms with Crippen LogP contribution < -0.4 is 11.0 Å². The van der Waals surface area contributed by atoms with Crippen LogP contribution in [0.25, 0.3) is 28.0 Å². The van der Waals surface area contributed by atoms with Crippen LogP contribution in [0.2, 0.25) is 0 Å². The zero-order valence-corrected chi connectivity index (χ0v) is 16.1. The van der Waals surface area contributed by atoms with E-state index in [1.165, 1.54) is 0 Å². The van der Waals surface area contributed by atoms with E-state index in [1.54, 1.807) is 10.8 Å². The van der Waals surface area contributed by atoms with E-state index in [4.69, 9.17) is 0 Å². The van der Waals surface area contributed by atoms with Gasteiger partial charge in [-0.1, -0.05) is 42.5 Å². The first-order valence-corrected chi connectivity index (χ1v) is 9.27. The number of fused-ring (bicyclic) bond motifs is 1. The van der Waals surface area contributed by atoms with Gasteiger partial charge in [0.25, 0.3) is 0 Å². The Hall–Kier alpha value is -2.89. The predicted molar refractivity (Wildman–Crippen MR) is 115 cm³/mol. The Morgan fingerprint density at radius 3 is 2.39 bits per heavy atom. The first kappa shape index (κ1) is 18.5. The predicted octanol–water partition coefficient (Wildman–Crippen LogP) is 3.81. The zero-order valence-electron chi connectivity index (χ0n) is 15.3. The van der Waals surface area contributed by atoms with Crippen LogP contribution in [0.5, 0.6) is 0 Å². The summed E-state index contributed by atoms with van der Waals surface area (Å²) in [5.74, 6) is 0. The molecule has 1 aliphatic rings. The van der Waals surface area contributed by atoms with Gasteiger partial charge in [0.2, 0.25) is 0 Å². The molecule has 0 bridgehead atoms. The lowest BCUT2D eigenvalue weighted by atomic mass is 10.1. The number of halogens is 1. The van der Waals surface area contributed by atoms with E-state index < -0.39 is 0 Å². The van der Waals surface area contributed by atoms with Crippen molar-refractivity contribution in [3.8, 4) is 16.8 Å². The third-order valence-corrected chi connectivity index (χ3v) is 5.26. The van der Waals surface area contributed by atoms with E-state index in [9.17, 15) is 4.79 Å². The van der Waals surface area contributed by atoms with Crippen LogP contribution in [0.3, 0.4) is 0 Å². The molecule has 0 spiro atoms. The van der Waals surface area contributed by atoms with Gasteiger partial charge in [0.15, 0.2) is 5.65 Å². The molecule has 0 radical (unpaired) electrons. The maximum atomic E-state index is 13.3. The molecule has 5 rings (SSSR count). The average Bonchev–Trinajstić information content (AvgIpc) is 3.34. The molecule has 0 saturated carbocycles. The summed E-state index contributed by atoms with van der Waals surface area (Å²) >= 11 is 0. The van der Waals surface area contributed by atoms with Gasteiger partial charge in [-0.25, -0.2) is 9.78 Å². The van der Waals surface area contributed by atoms with Crippen molar-refractivity contribution in [1.82, 2.24) is 19.4 Å². The maximum Gasteiger partial charge on any atom is 0.335 e. The van der Waals surface area contributed by atoms with Gasteiger partial charge < -0.3 is 5.32 Å². The van der Waals surface area contributed by atoms with Crippen LogP contribution in [0.1, 0.15) is 12.5 Å². The summed E-state index contributed by atoms with van der Waals surface area (Å²) in [5.41, 5.74) is 4.74. The van der Waals surface area contributed by atoms with Crippen molar-refractivity contribution in [2.45, 2.75) is 12.5 Å². The van der Waals surface area contributed by atoms with Gasteiger partial charge in [-0.15, -0.1) is 12.4 Å². The number of benzene rings is 2. The highest BCUT2D eigenvalue weighted by Gasteiger charge is 2.24. The average molecular weight is 393 g/mol. The molecule has 1 N–H and O–H groups in total. The Morgan fingerprint density at radius 1 is 0.929 bits per heavy atom. The fourth-order valence-corrected chi connectivity index (χ4v) is 3.92. The highest BCUT2D eigenvalue weighted by Crippen LogP contribution is 2.24. The fraction of sp³-hybridized carbons (Fsp3) is 0.182. The fourth-order valence-electron chi connectivity index (χ4n) is 3.92. The second-order valence-electron chi connectivity index (χ2n) is 6.89. The van der Waals surface area contributed by atoms with E-state index in [0.717, 1.165) is 47.5 Å². The largest absolute Gasteiger partial charge is 0.335 e. The molecule has 2 aromatic heterocycles. The minimum atomic E-state index is -0.0233. The normalized spacial score (nSPS) is 16.2. The van der Waals surface area contributed by atoms with Crippen LogP contribution in [0, 0.1) is 0 Å². The summed E-state index contributed by atoms with van der Waals surface area (Å²) in [7, 11) is 0. The number of nitrogens with one attached hydrogen (secondary N) is 1. The number of aromatic nitrogens is 3. The van der Waals surface area contributed by atoms with Crippen LogP contribution in [0.4, 0.5) is 0 Å². The number of nitrogens with zero attached hydrogens (tertiary/aromatic N) is 3. The van der Waals surface area contributed by atoms with E-state index in [1.807, 2.05) is 47.0 Å². The summed E-state index contributed by atoms with van der Waals surface area (Å²) in [6.45, 7) is 1.74. The minimum absolute atomic E-state index is 0. The van der Waals surface area contributed by atoms with E-state index in [2.05, 4.69) is 34.6 Å². The first-order chi connectivity index (χ1) is 13.3. The molecule has 1 atom stereocenters. The Balaban J connectivity index is 0.00000192. The maximum absolute atomic E-state index is 13.3. The van der Waals surface area contributed by atoms with Gasteiger partial charge >= 0.3 is 5.69 Å². The third-order valence-electron chi connectivity index (χ3n) is 5.26. The minimum Gasteiger partial charge on any atom is -0.315 e. The van der Waals surface area contributed by atoms with Crippen molar-refractivity contribution in [1.29, 1.82) is 0 Å². The number of hydrogen-bond acceptors (Lipinski definition) is 3. The molecule has 142 valence electrons. The quantitative estimate of drug-likeness (QED) is 0.576. The molecule has 4 aromatic rings. The van der Waals surface area contributed by atoms with Gasteiger partial charge in [-0.2, -0.15) is 0 Å². The van der Waals surface area contributed by atoms with E-state index >= 15 is 0 Å². The molecule has 0 amide bonds. The Kier molecular flexibility index (Phi) is 5.03. The van der Waals surface area contributed by atoms with Crippen molar-refractivity contribution in [2.24, 2.45) is 0 Å². The van der Waals surface area contributed by atoms with Crippen molar-refractivity contribution in [3.05, 3.63) is 83.4 Å². The highest BCUT2D eigenvalue weighted by atomic mass is 35.5. The second-order valence-corrected chi connectivity index (χ2v) is 6.89. The molecule has 2 aromatic carbocycles. The number of pyridine rings is 1. The molecular formula is C22H21ClN4O. The van der Waals surface area contributed by atoms with Crippen LogP contribution in [0.15, 0.2) is 77.7 Å². The number of imidazole rings is 1. The molecular weight excluding hydrogens is 372 g/mol. The van der Waals surface area contributed by atoms with Gasteiger partial charge in [0, 0.05) is 12.7 Å². The molecule has 6 heteroatoms. The van der Waals surface area contributed by atoms with Crippen molar-refractivity contribution in [2.75, 3.05) is 13.1 Å². The molecule has 1 aliphatic heterocycles. The topological polar surface area (TPSA) is 51.9 Å². The highest BCUT2D eigenvalue weighted by molar-refractivity contribution is 5.85. The Bertz CT molecular complexity index is 1140. The molecule has 0 aliphatic carbocycles. The summed E-state index contributed by atoms with van der Waals surface area (Å²) in [5, 5.41) is 3.34. The van der Waals surface area contributed by atoms with Gasteiger partial charge in [-0.3, -0.25) is 9.13 Å². The molecule has 5 nitrogen and oxygen atoms in total. The summed E-state index contributed by atoms with van der Waals surface area (Å²) in [6, 6.07) is 22.4. The zero-order chi connectivity index (χ0) is 18.2. The van der Waals surface area contributed by atoms with Crippen LogP contribution in [-0.4, -0.2) is 27.2 Å². The second kappa shape index (κ2) is 7.62. The molecule has 1 saturated heterocycles. The third kappa shape index (κ3) is 3.03. The van der Waals surface area contributed by atoms with Gasteiger partial charge in [-0.05, 0) is 48.4 Å². The number of rotatable bonds is 3. The van der Waals surface area contributed by atoms with E-state index in [0.29, 0.717) is 0 Å². The smallest absolute Gasteiger partial charge is 0.315 e. The summed E-state index contributed by atoms with van der Waals surface area (Å²) in [4.78, 5) is 17.8. The lowest BCUT2D eigenvalue weighted by Gasteiger charge is -2.09. The van der Waals surface area contributed by atoms with Gasteiger partial charge in [0.05, 0.1) is 17.2 Å². The van der Waals surface area contributed by atoms with Crippen LogP contribution >= 0.6 is 12.4 Å². The van der Waals surface area contributed by atoms with Crippen molar-refractivity contribution < 1.29 is 0 Å². The molecule has 3 heterocycles. The number of hydrogen-bond donors (Lipinski definition) is 1. The Morgan fingerprint density at radius 2 is 1.68 bits per heavy atom. The molecule has 28 heavy (non-hydrogen) atoms. The van der Waals surface area contributed by atoms with Crippen LogP contribution in [-0.2, 0) is 0 Å². The van der Waals surface area contributed by atoms with Gasteiger partial charge in [0.1, 0.15) is 0 Å². The molecule has 0 unspecified atom stereocenters. The molecule has 1 fully saturated rings. The SMILES string of the molecule is Cl.O=c1n(-c2ccc(-c3ccccc3)cc2)c2cccnc2n1[C@H]1CCNC1.